The standard InChI is InChI=1S/C14H25N3S/c1-7-8-15-13-11(6)14(18-10(4)5)17-12(16-13)9(2)3/h9-10H,7-8H2,1-6H3,(H,15,16,17). The number of thioether (sulfide) groups is 1. The van der Waals surface area contributed by atoms with Crippen LogP contribution in [0.1, 0.15) is 58.3 Å². The number of hydrogen-bond acceptors (Lipinski definition) is 4. The first-order chi connectivity index (χ1) is 8.45. The van der Waals surface area contributed by atoms with Gasteiger partial charge in [-0.1, -0.05) is 34.6 Å². The summed E-state index contributed by atoms with van der Waals surface area (Å²) in [6.45, 7) is 13.9. The maximum absolute atomic E-state index is 4.69. The van der Waals surface area contributed by atoms with Gasteiger partial charge in [-0.2, -0.15) is 0 Å². The summed E-state index contributed by atoms with van der Waals surface area (Å²) < 4.78 is 0. The second kappa shape index (κ2) is 6.98. The second-order valence-electron chi connectivity index (χ2n) is 5.11. The third kappa shape index (κ3) is 4.16. The molecule has 0 aliphatic rings. The maximum Gasteiger partial charge on any atom is 0.134 e. The molecule has 18 heavy (non-hydrogen) atoms. The first kappa shape index (κ1) is 15.3. The van der Waals surface area contributed by atoms with Crippen LogP contribution in [0, 0.1) is 6.92 Å². The van der Waals surface area contributed by atoms with Crippen LogP contribution in [0.3, 0.4) is 0 Å². The van der Waals surface area contributed by atoms with Gasteiger partial charge in [-0.25, -0.2) is 9.97 Å². The van der Waals surface area contributed by atoms with E-state index in [-0.39, 0.29) is 0 Å². The van der Waals surface area contributed by atoms with Crippen molar-refractivity contribution >= 4 is 17.6 Å². The van der Waals surface area contributed by atoms with Crippen LogP contribution in [0.25, 0.3) is 0 Å². The summed E-state index contributed by atoms with van der Waals surface area (Å²) in [6.07, 6.45) is 1.10. The number of rotatable bonds is 6. The van der Waals surface area contributed by atoms with Crippen molar-refractivity contribution in [2.24, 2.45) is 0 Å². The molecule has 0 spiro atoms. The average molecular weight is 267 g/mol. The zero-order valence-corrected chi connectivity index (χ0v) is 13.2. The molecule has 0 radical (unpaired) electrons. The highest BCUT2D eigenvalue weighted by Crippen LogP contribution is 2.29. The number of nitrogens with zero attached hydrogens (tertiary/aromatic N) is 2. The van der Waals surface area contributed by atoms with E-state index in [1.54, 1.807) is 0 Å². The SMILES string of the molecule is CCCNc1nc(C(C)C)nc(SC(C)C)c1C. The molecule has 0 aliphatic heterocycles. The van der Waals surface area contributed by atoms with Crippen LogP contribution in [-0.2, 0) is 0 Å². The van der Waals surface area contributed by atoms with E-state index in [1.807, 2.05) is 11.8 Å². The molecule has 0 saturated carbocycles. The van der Waals surface area contributed by atoms with Crippen LogP contribution in [0.15, 0.2) is 5.03 Å². The predicted octanol–water partition coefficient (Wildman–Crippen LogP) is 4.23. The summed E-state index contributed by atoms with van der Waals surface area (Å²) >= 11 is 1.81. The zero-order valence-electron chi connectivity index (χ0n) is 12.4. The molecule has 0 unspecified atom stereocenters. The molecule has 0 amide bonds. The van der Waals surface area contributed by atoms with Crippen molar-refractivity contribution in [1.29, 1.82) is 0 Å². The Morgan fingerprint density at radius 1 is 1.17 bits per heavy atom. The van der Waals surface area contributed by atoms with E-state index in [9.17, 15) is 0 Å². The summed E-state index contributed by atoms with van der Waals surface area (Å²) in [7, 11) is 0. The van der Waals surface area contributed by atoms with Gasteiger partial charge in [0, 0.05) is 23.3 Å². The minimum absolute atomic E-state index is 0.360. The van der Waals surface area contributed by atoms with Crippen molar-refractivity contribution < 1.29 is 0 Å². The highest BCUT2D eigenvalue weighted by Gasteiger charge is 2.14. The third-order valence-corrected chi connectivity index (χ3v) is 3.62. The Hall–Kier alpha value is -0.770. The molecule has 0 aliphatic carbocycles. The van der Waals surface area contributed by atoms with Crippen LogP contribution in [0.5, 0.6) is 0 Å². The van der Waals surface area contributed by atoms with E-state index in [2.05, 4.69) is 51.8 Å². The van der Waals surface area contributed by atoms with E-state index in [0.29, 0.717) is 11.2 Å². The predicted molar refractivity (Wildman–Crippen MR) is 80.6 cm³/mol. The number of nitrogens with one attached hydrogen (secondary N) is 1. The molecule has 1 rings (SSSR count). The first-order valence-corrected chi connectivity index (χ1v) is 7.62. The van der Waals surface area contributed by atoms with Gasteiger partial charge in [-0.3, -0.25) is 0 Å². The van der Waals surface area contributed by atoms with Gasteiger partial charge in [0.2, 0.25) is 0 Å². The van der Waals surface area contributed by atoms with Gasteiger partial charge < -0.3 is 5.32 Å². The molecular weight excluding hydrogens is 242 g/mol. The van der Waals surface area contributed by atoms with Gasteiger partial charge in [0.05, 0.1) is 0 Å². The highest BCUT2D eigenvalue weighted by atomic mass is 32.2. The fraction of sp³-hybridized carbons (Fsp3) is 0.714. The van der Waals surface area contributed by atoms with Gasteiger partial charge in [-0.05, 0) is 13.3 Å². The van der Waals surface area contributed by atoms with Gasteiger partial charge in [0.1, 0.15) is 16.7 Å². The molecule has 1 heterocycles. The van der Waals surface area contributed by atoms with Crippen LogP contribution < -0.4 is 5.32 Å². The number of aromatic nitrogens is 2. The van der Waals surface area contributed by atoms with Crippen molar-refractivity contribution in [2.45, 2.75) is 64.2 Å². The summed E-state index contributed by atoms with van der Waals surface area (Å²) in [4.78, 5) is 9.33. The normalized spacial score (nSPS) is 11.3. The van der Waals surface area contributed by atoms with Gasteiger partial charge in [-0.15, -0.1) is 11.8 Å². The van der Waals surface area contributed by atoms with Crippen LogP contribution in [-0.4, -0.2) is 21.8 Å². The molecule has 1 aromatic rings. The Morgan fingerprint density at radius 3 is 2.33 bits per heavy atom. The van der Waals surface area contributed by atoms with Crippen molar-refractivity contribution in [2.75, 3.05) is 11.9 Å². The average Bonchev–Trinajstić information content (AvgIpc) is 2.29. The molecular formula is C14H25N3S. The summed E-state index contributed by atoms with van der Waals surface area (Å²) in [5.41, 5.74) is 1.17. The maximum atomic E-state index is 4.69. The lowest BCUT2D eigenvalue weighted by molar-refractivity contribution is 0.746. The monoisotopic (exact) mass is 267 g/mol. The topological polar surface area (TPSA) is 37.8 Å². The largest absolute Gasteiger partial charge is 0.370 e. The molecule has 4 heteroatoms. The second-order valence-corrected chi connectivity index (χ2v) is 6.67. The van der Waals surface area contributed by atoms with E-state index < -0.39 is 0 Å². The Balaban J connectivity index is 3.11. The molecule has 0 aromatic carbocycles. The third-order valence-electron chi connectivity index (χ3n) is 2.52. The molecule has 102 valence electrons. The van der Waals surface area contributed by atoms with Gasteiger partial charge in [0.15, 0.2) is 0 Å². The minimum atomic E-state index is 0.360. The van der Waals surface area contributed by atoms with Crippen LogP contribution in [0.2, 0.25) is 0 Å². The van der Waals surface area contributed by atoms with E-state index >= 15 is 0 Å². The van der Waals surface area contributed by atoms with Crippen LogP contribution >= 0.6 is 11.8 Å². The Labute approximate surface area is 115 Å². The van der Waals surface area contributed by atoms with Crippen molar-refractivity contribution in [3.63, 3.8) is 0 Å². The van der Waals surface area contributed by atoms with Crippen LogP contribution in [0.4, 0.5) is 5.82 Å². The molecule has 0 fully saturated rings. The van der Waals surface area contributed by atoms with E-state index in [1.165, 1.54) is 5.56 Å². The molecule has 1 aromatic heterocycles. The molecule has 3 nitrogen and oxygen atoms in total. The quantitative estimate of drug-likeness (QED) is 0.618. The zero-order chi connectivity index (χ0) is 13.7. The lowest BCUT2D eigenvalue weighted by Crippen LogP contribution is -2.10. The van der Waals surface area contributed by atoms with Crippen molar-refractivity contribution in [1.82, 2.24) is 9.97 Å². The molecule has 0 atom stereocenters. The Morgan fingerprint density at radius 2 is 1.83 bits per heavy atom. The fourth-order valence-corrected chi connectivity index (χ4v) is 2.39. The highest BCUT2D eigenvalue weighted by molar-refractivity contribution is 7.99. The lowest BCUT2D eigenvalue weighted by atomic mass is 10.2. The number of anilines is 1. The van der Waals surface area contributed by atoms with Crippen molar-refractivity contribution in [3.05, 3.63) is 11.4 Å². The van der Waals surface area contributed by atoms with Gasteiger partial charge >= 0.3 is 0 Å². The van der Waals surface area contributed by atoms with Gasteiger partial charge in [0.25, 0.3) is 0 Å². The van der Waals surface area contributed by atoms with E-state index in [0.717, 1.165) is 29.6 Å². The summed E-state index contributed by atoms with van der Waals surface area (Å²) in [6, 6.07) is 0. The molecule has 1 N–H and O–H groups in total. The molecule has 0 saturated heterocycles. The Kier molecular flexibility index (Phi) is 5.93. The smallest absolute Gasteiger partial charge is 0.134 e. The lowest BCUT2D eigenvalue weighted by Gasteiger charge is -2.15. The van der Waals surface area contributed by atoms with E-state index in [4.69, 9.17) is 4.98 Å². The summed E-state index contributed by atoms with van der Waals surface area (Å²) in [5.74, 6) is 2.29. The Bertz CT molecular complexity index is 389. The number of hydrogen-bond donors (Lipinski definition) is 1. The summed E-state index contributed by atoms with van der Waals surface area (Å²) in [5, 5.41) is 5.06. The minimum Gasteiger partial charge on any atom is -0.370 e. The fourth-order valence-electron chi connectivity index (χ4n) is 1.52. The first-order valence-electron chi connectivity index (χ1n) is 6.74. The molecule has 0 bridgehead atoms. The van der Waals surface area contributed by atoms with Crippen molar-refractivity contribution in [3.8, 4) is 0 Å².